The number of ketones is 1. The van der Waals surface area contributed by atoms with Gasteiger partial charge in [0, 0.05) is 18.8 Å². The average molecular weight is 218 g/mol. The van der Waals surface area contributed by atoms with E-state index in [4.69, 9.17) is 0 Å². The maximum atomic E-state index is 11.6. The first-order valence-corrected chi connectivity index (χ1v) is 5.10. The molecule has 16 heavy (non-hydrogen) atoms. The highest BCUT2D eigenvalue weighted by molar-refractivity contribution is 5.99. The SMILES string of the molecule is CNCC(=O)c1cnc2c(c1)nc(C)n2C. The summed E-state index contributed by atoms with van der Waals surface area (Å²) < 4.78 is 1.90. The first-order valence-electron chi connectivity index (χ1n) is 5.10. The van der Waals surface area contributed by atoms with Gasteiger partial charge in [0.15, 0.2) is 11.4 Å². The molecule has 5 heteroatoms. The van der Waals surface area contributed by atoms with Crippen LogP contribution in [0, 0.1) is 6.92 Å². The average Bonchev–Trinajstić information content (AvgIpc) is 2.55. The second kappa shape index (κ2) is 4.02. The summed E-state index contributed by atoms with van der Waals surface area (Å²) in [6, 6.07) is 1.79. The van der Waals surface area contributed by atoms with E-state index in [1.807, 2.05) is 18.5 Å². The second-order valence-electron chi connectivity index (χ2n) is 3.74. The highest BCUT2D eigenvalue weighted by Crippen LogP contribution is 2.13. The third-order valence-electron chi connectivity index (χ3n) is 2.59. The number of imidazole rings is 1. The van der Waals surface area contributed by atoms with Crippen molar-refractivity contribution < 1.29 is 4.79 Å². The minimum atomic E-state index is 0.0280. The van der Waals surface area contributed by atoms with E-state index in [1.54, 1.807) is 19.3 Å². The largest absolute Gasteiger partial charge is 0.316 e. The summed E-state index contributed by atoms with van der Waals surface area (Å²) in [6.07, 6.45) is 1.60. The predicted molar refractivity (Wildman–Crippen MR) is 61.5 cm³/mol. The van der Waals surface area contributed by atoms with E-state index in [-0.39, 0.29) is 5.78 Å². The number of Topliss-reactive ketones (excluding diaryl/α,β-unsaturated/α-hetero) is 1. The normalized spacial score (nSPS) is 10.9. The lowest BCUT2D eigenvalue weighted by Gasteiger charge is -1.99. The Morgan fingerprint density at radius 3 is 3.00 bits per heavy atom. The summed E-state index contributed by atoms with van der Waals surface area (Å²) in [5.41, 5.74) is 2.17. The maximum absolute atomic E-state index is 11.6. The summed E-state index contributed by atoms with van der Waals surface area (Å²) in [4.78, 5) is 20.2. The summed E-state index contributed by atoms with van der Waals surface area (Å²) in [6.45, 7) is 2.23. The lowest BCUT2D eigenvalue weighted by atomic mass is 10.2. The van der Waals surface area contributed by atoms with E-state index < -0.39 is 0 Å². The van der Waals surface area contributed by atoms with E-state index in [0.29, 0.717) is 12.1 Å². The van der Waals surface area contributed by atoms with Crippen molar-refractivity contribution in [2.75, 3.05) is 13.6 Å². The zero-order valence-corrected chi connectivity index (χ0v) is 9.61. The van der Waals surface area contributed by atoms with Crippen molar-refractivity contribution in [3.05, 3.63) is 23.7 Å². The Morgan fingerprint density at radius 1 is 1.56 bits per heavy atom. The molecule has 0 atom stereocenters. The van der Waals surface area contributed by atoms with Gasteiger partial charge in [-0.1, -0.05) is 0 Å². The van der Waals surface area contributed by atoms with Crippen LogP contribution in [0.25, 0.3) is 11.2 Å². The lowest BCUT2D eigenvalue weighted by molar-refractivity contribution is 0.0993. The number of aryl methyl sites for hydroxylation is 2. The molecule has 0 saturated carbocycles. The van der Waals surface area contributed by atoms with Crippen molar-refractivity contribution in [3.8, 4) is 0 Å². The van der Waals surface area contributed by atoms with Crippen molar-refractivity contribution in [3.63, 3.8) is 0 Å². The van der Waals surface area contributed by atoms with Crippen LogP contribution in [0.4, 0.5) is 0 Å². The number of rotatable bonds is 3. The number of pyridine rings is 1. The second-order valence-corrected chi connectivity index (χ2v) is 3.74. The fourth-order valence-corrected chi connectivity index (χ4v) is 1.60. The quantitative estimate of drug-likeness (QED) is 0.770. The van der Waals surface area contributed by atoms with Gasteiger partial charge in [-0.05, 0) is 20.0 Å². The number of carbonyl (C=O) groups excluding carboxylic acids is 1. The van der Waals surface area contributed by atoms with Crippen molar-refractivity contribution in [2.45, 2.75) is 6.92 Å². The van der Waals surface area contributed by atoms with E-state index in [0.717, 1.165) is 17.0 Å². The van der Waals surface area contributed by atoms with Gasteiger partial charge in [0.2, 0.25) is 0 Å². The number of hydrogen-bond donors (Lipinski definition) is 1. The van der Waals surface area contributed by atoms with Crippen LogP contribution in [0.2, 0.25) is 0 Å². The predicted octanol–water partition coefficient (Wildman–Crippen LogP) is 0.679. The number of nitrogens with one attached hydrogen (secondary N) is 1. The third kappa shape index (κ3) is 1.69. The third-order valence-corrected chi connectivity index (χ3v) is 2.59. The minimum Gasteiger partial charge on any atom is -0.316 e. The van der Waals surface area contributed by atoms with Gasteiger partial charge in [-0.3, -0.25) is 4.79 Å². The highest BCUT2D eigenvalue weighted by atomic mass is 16.1. The molecule has 0 aliphatic carbocycles. The summed E-state index contributed by atoms with van der Waals surface area (Å²) in [5.74, 6) is 0.918. The van der Waals surface area contributed by atoms with E-state index in [1.165, 1.54) is 0 Å². The molecule has 0 aliphatic rings. The number of carbonyl (C=O) groups is 1. The Bertz CT molecular complexity index is 544. The molecule has 0 amide bonds. The molecule has 0 bridgehead atoms. The van der Waals surface area contributed by atoms with E-state index in [9.17, 15) is 4.79 Å². The standard InChI is InChI=1S/C11H14N4O/c1-7-14-9-4-8(10(16)6-12-2)5-13-11(9)15(7)3/h4-5,12H,6H2,1-3H3. The molecular weight excluding hydrogens is 204 g/mol. The number of fused-ring (bicyclic) bond motifs is 1. The lowest BCUT2D eigenvalue weighted by Crippen LogP contribution is -2.18. The van der Waals surface area contributed by atoms with Crippen LogP contribution in [-0.2, 0) is 7.05 Å². The number of likely N-dealkylation sites (N-methyl/N-ethyl adjacent to an activating group) is 1. The smallest absolute Gasteiger partial charge is 0.178 e. The summed E-state index contributed by atoms with van der Waals surface area (Å²) in [7, 11) is 3.65. The van der Waals surface area contributed by atoms with Gasteiger partial charge in [-0.2, -0.15) is 0 Å². The fraction of sp³-hybridized carbons (Fsp3) is 0.364. The van der Waals surface area contributed by atoms with Crippen LogP contribution in [0.1, 0.15) is 16.2 Å². The monoisotopic (exact) mass is 218 g/mol. The molecule has 0 fully saturated rings. The number of nitrogens with zero attached hydrogens (tertiary/aromatic N) is 3. The molecule has 0 saturated heterocycles. The number of hydrogen-bond acceptors (Lipinski definition) is 4. The van der Waals surface area contributed by atoms with Crippen LogP contribution in [0.3, 0.4) is 0 Å². The Labute approximate surface area is 93.5 Å². The van der Waals surface area contributed by atoms with Gasteiger partial charge >= 0.3 is 0 Å². The molecule has 84 valence electrons. The van der Waals surface area contributed by atoms with Crippen molar-refractivity contribution in [2.24, 2.45) is 7.05 Å². The molecule has 2 aromatic heterocycles. The molecule has 0 aromatic carbocycles. The highest BCUT2D eigenvalue weighted by Gasteiger charge is 2.10. The van der Waals surface area contributed by atoms with Crippen LogP contribution < -0.4 is 5.32 Å². The van der Waals surface area contributed by atoms with Gasteiger partial charge in [0.25, 0.3) is 0 Å². The molecule has 0 radical (unpaired) electrons. The first-order chi connectivity index (χ1) is 7.63. The Kier molecular flexibility index (Phi) is 2.70. The van der Waals surface area contributed by atoms with Crippen molar-refractivity contribution in [1.82, 2.24) is 19.9 Å². The van der Waals surface area contributed by atoms with Crippen LogP contribution >= 0.6 is 0 Å². The Morgan fingerprint density at radius 2 is 2.31 bits per heavy atom. The fourth-order valence-electron chi connectivity index (χ4n) is 1.60. The van der Waals surface area contributed by atoms with Crippen molar-refractivity contribution in [1.29, 1.82) is 0 Å². The van der Waals surface area contributed by atoms with E-state index >= 15 is 0 Å². The molecule has 2 heterocycles. The summed E-state index contributed by atoms with van der Waals surface area (Å²) in [5, 5.41) is 2.83. The molecule has 0 aliphatic heterocycles. The molecular formula is C11H14N4O. The number of aromatic nitrogens is 3. The first kappa shape index (κ1) is 10.8. The van der Waals surface area contributed by atoms with Gasteiger partial charge in [-0.25, -0.2) is 9.97 Å². The minimum absolute atomic E-state index is 0.0280. The Hall–Kier alpha value is -1.75. The zero-order chi connectivity index (χ0) is 11.7. The van der Waals surface area contributed by atoms with Gasteiger partial charge < -0.3 is 9.88 Å². The zero-order valence-electron chi connectivity index (χ0n) is 9.61. The molecule has 2 rings (SSSR count). The van der Waals surface area contributed by atoms with E-state index in [2.05, 4.69) is 15.3 Å². The molecule has 2 aromatic rings. The van der Waals surface area contributed by atoms with Crippen molar-refractivity contribution >= 4 is 16.9 Å². The van der Waals surface area contributed by atoms with Gasteiger partial charge in [-0.15, -0.1) is 0 Å². The van der Waals surface area contributed by atoms with Gasteiger partial charge in [0.05, 0.1) is 6.54 Å². The molecule has 0 unspecified atom stereocenters. The topological polar surface area (TPSA) is 59.8 Å². The van der Waals surface area contributed by atoms with Crippen LogP contribution in [-0.4, -0.2) is 33.9 Å². The van der Waals surface area contributed by atoms with Crippen LogP contribution in [0.15, 0.2) is 12.3 Å². The molecule has 0 spiro atoms. The van der Waals surface area contributed by atoms with Crippen LogP contribution in [0.5, 0.6) is 0 Å². The Balaban J connectivity index is 2.48. The molecule has 5 nitrogen and oxygen atoms in total. The van der Waals surface area contributed by atoms with Gasteiger partial charge in [0.1, 0.15) is 11.3 Å². The maximum Gasteiger partial charge on any atom is 0.178 e. The summed E-state index contributed by atoms with van der Waals surface area (Å²) >= 11 is 0. The molecule has 1 N–H and O–H groups in total.